The summed E-state index contributed by atoms with van der Waals surface area (Å²) in [5.74, 6) is 1.61. The third kappa shape index (κ3) is 3.67. The van der Waals surface area contributed by atoms with Crippen LogP contribution >= 0.6 is 0 Å². The molecule has 0 radical (unpaired) electrons. The summed E-state index contributed by atoms with van der Waals surface area (Å²) in [4.78, 5) is 21.6. The second kappa shape index (κ2) is 7.52. The number of amides is 1. The summed E-state index contributed by atoms with van der Waals surface area (Å²) in [6, 6.07) is 13.7. The van der Waals surface area contributed by atoms with Crippen LogP contribution in [-0.4, -0.2) is 15.9 Å². The monoisotopic (exact) mass is 347 g/mol. The van der Waals surface area contributed by atoms with E-state index in [1.807, 2.05) is 48.7 Å². The van der Waals surface area contributed by atoms with Gasteiger partial charge in [-0.2, -0.15) is 0 Å². The Bertz CT molecular complexity index is 876. The zero-order chi connectivity index (χ0) is 17.8. The van der Waals surface area contributed by atoms with E-state index in [1.54, 1.807) is 6.26 Å². The number of furan rings is 1. The van der Waals surface area contributed by atoms with Gasteiger partial charge in [-0.15, -0.1) is 0 Å². The van der Waals surface area contributed by atoms with E-state index in [9.17, 15) is 4.79 Å². The van der Waals surface area contributed by atoms with Gasteiger partial charge in [0.25, 0.3) is 0 Å². The van der Waals surface area contributed by atoms with Crippen molar-refractivity contribution in [3.63, 3.8) is 0 Å². The Morgan fingerprint density at radius 3 is 2.88 bits per heavy atom. The van der Waals surface area contributed by atoms with Gasteiger partial charge in [0.2, 0.25) is 5.91 Å². The first-order chi connectivity index (χ1) is 12.8. The van der Waals surface area contributed by atoms with Crippen molar-refractivity contribution < 1.29 is 9.21 Å². The quantitative estimate of drug-likeness (QED) is 0.761. The number of hydrogen-bond acceptors (Lipinski definition) is 4. The fourth-order valence-electron chi connectivity index (χ4n) is 3.38. The van der Waals surface area contributed by atoms with Gasteiger partial charge in [0, 0.05) is 35.9 Å². The summed E-state index contributed by atoms with van der Waals surface area (Å²) in [5.41, 5.74) is 3.10. The Balaban J connectivity index is 1.46. The van der Waals surface area contributed by atoms with Crippen molar-refractivity contribution in [2.24, 2.45) is 0 Å². The molecule has 0 bridgehead atoms. The number of rotatable bonds is 5. The minimum Gasteiger partial charge on any atom is -0.469 e. The van der Waals surface area contributed by atoms with E-state index in [4.69, 9.17) is 9.40 Å². The average molecular weight is 347 g/mol. The molecule has 3 aromatic rings. The van der Waals surface area contributed by atoms with Crippen molar-refractivity contribution in [2.75, 3.05) is 0 Å². The van der Waals surface area contributed by atoms with Crippen LogP contribution in [0.25, 0.3) is 11.4 Å². The van der Waals surface area contributed by atoms with Gasteiger partial charge in [-0.1, -0.05) is 30.3 Å². The summed E-state index contributed by atoms with van der Waals surface area (Å²) in [5, 5.41) is 3.14. The molecule has 1 aliphatic rings. The third-order valence-electron chi connectivity index (χ3n) is 4.73. The molecule has 1 atom stereocenters. The Hall–Kier alpha value is -2.95. The Kier molecular flexibility index (Phi) is 4.78. The summed E-state index contributed by atoms with van der Waals surface area (Å²) in [7, 11) is 0. The lowest BCUT2D eigenvalue weighted by molar-refractivity contribution is -0.122. The van der Waals surface area contributed by atoms with Crippen LogP contribution in [0.2, 0.25) is 0 Å². The topological polar surface area (TPSA) is 68.0 Å². The molecule has 0 saturated heterocycles. The van der Waals surface area contributed by atoms with E-state index < -0.39 is 0 Å². The minimum absolute atomic E-state index is 0.00678. The van der Waals surface area contributed by atoms with Crippen molar-refractivity contribution in [1.82, 2.24) is 15.3 Å². The molecule has 1 aromatic carbocycles. The minimum atomic E-state index is -0.00678. The Morgan fingerprint density at radius 2 is 2.08 bits per heavy atom. The lowest BCUT2D eigenvalue weighted by Gasteiger charge is -2.25. The van der Waals surface area contributed by atoms with Crippen molar-refractivity contribution in [3.8, 4) is 11.4 Å². The number of fused-ring (bicyclic) bond motifs is 1. The number of carbonyl (C=O) groups is 1. The molecular formula is C21H21N3O2. The van der Waals surface area contributed by atoms with Crippen LogP contribution in [0.3, 0.4) is 0 Å². The first-order valence-electron chi connectivity index (χ1n) is 9.02. The molecule has 1 N–H and O–H groups in total. The highest BCUT2D eigenvalue weighted by molar-refractivity contribution is 5.76. The third-order valence-corrected chi connectivity index (χ3v) is 4.73. The predicted octanol–water partition coefficient (Wildman–Crippen LogP) is 3.86. The van der Waals surface area contributed by atoms with Crippen LogP contribution in [0.1, 0.15) is 42.3 Å². The van der Waals surface area contributed by atoms with Gasteiger partial charge in [-0.25, -0.2) is 9.97 Å². The van der Waals surface area contributed by atoms with Gasteiger partial charge >= 0.3 is 0 Å². The van der Waals surface area contributed by atoms with Gasteiger partial charge in [0.05, 0.1) is 12.3 Å². The van der Waals surface area contributed by atoms with Crippen LogP contribution in [0.15, 0.2) is 59.3 Å². The molecule has 2 heterocycles. The highest BCUT2D eigenvalue weighted by Crippen LogP contribution is 2.29. The van der Waals surface area contributed by atoms with Crippen molar-refractivity contribution in [2.45, 2.75) is 38.1 Å². The number of nitrogens with one attached hydrogen (secondary N) is 1. The summed E-state index contributed by atoms with van der Waals surface area (Å²) < 4.78 is 5.29. The second-order valence-electron chi connectivity index (χ2n) is 6.55. The van der Waals surface area contributed by atoms with Crippen LogP contribution in [-0.2, 0) is 17.6 Å². The van der Waals surface area contributed by atoms with Crippen LogP contribution in [0.4, 0.5) is 0 Å². The zero-order valence-corrected chi connectivity index (χ0v) is 14.5. The number of aryl methyl sites for hydroxylation is 2. The molecule has 0 aliphatic heterocycles. The maximum absolute atomic E-state index is 12.3. The Labute approximate surface area is 152 Å². The molecule has 2 aromatic heterocycles. The maximum Gasteiger partial charge on any atom is 0.220 e. The molecule has 1 amide bonds. The maximum atomic E-state index is 12.3. The molecule has 5 heteroatoms. The SMILES string of the molecule is O=C(CCc1ccco1)N[C@H]1CCCc2nc(-c3ccccc3)ncc21. The highest BCUT2D eigenvalue weighted by Gasteiger charge is 2.24. The van der Waals surface area contributed by atoms with E-state index in [-0.39, 0.29) is 11.9 Å². The molecule has 26 heavy (non-hydrogen) atoms. The van der Waals surface area contributed by atoms with Gasteiger partial charge < -0.3 is 9.73 Å². The summed E-state index contributed by atoms with van der Waals surface area (Å²) in [6.07, 6.45) is 7.41. The fraction of sp³-hybridized carbons (Fsp3) is 0.286. The predicted molar refractivity (Wildman–Crippen MR) is 98.3 cm³/mol. The van der Waals surface area contributed by atoms with Crippen LogP contribution < -0.4 is 5.32 Å². The van der Waals surface area contributed by atoms with E-state index in [2.05, 4.69) is 10.3 Å². The van der Waals surface area contributed by atoms with E-state index in [0.717, 1.165) is 47.7 Å². The molecular weight excluding hydrogens is 326 g/mol. The number of nitrogens with zero attached hydrogens (tertiary/aromatic N) is 2. The molecule has 5 nitrogen and oxygen atoms in total. The van der Waals surface area contributed by atoms with Crippen molar-refractivity contribution in [1.29, 1.82) is 0 Å². The van der Waals surface area contributed by atoms with Crippen molar-refractivity contribution in [3.05, 3.63) is 71.9 Å². The van der Waals surface area contributed by atoms with E-state index in [0.29, 0.717) is 12.8 Å². The van der Waals surface area contributed by atoms with Gasteiger partial charge in [-0.3, -0.25) is 4.79 Å². The van der Waals surface area contributed by atoms with Gasteiger partial charge in [-0.05, 0) is 31.4 Å². The highest BCUT2D eigenvalue weighted by atomic mass is 16.3. The van der Waals surface area contributed by atoms with E-state index >= 15 is 0 Å². The average Bonchev–Trinajstić information content (AvgIpc) is 3.21. The lowest BCUT2D eigenvalue weighted by Crippen LogP contribution is -2.31. The number of carbonyl (C=O) groups excluding carboxylic acids is 1. The standard InChI is InChI=1S/C21H21N3O2/c25-20(12-11-16-8-5-13-26-16)23-18-9-4-10-19-17(18)14-22-21(24-19)15-6-2-1-3-7-15/h1-3,5-8,13-14,18H,4,9-12H2,(H,23,25)/t18-/m0/s1. The van der Waals surface area contributed by atoms with Crippen LogP contribution in [0, 0.1) is 0 Å². The van der Waals surface area contributed by atoms with Gasteiger partial charge in [0.1, 0.15) is 5.76 Å². The zero-order valence-electron chi connectivity index (χ0n) is 14.5. The molecule has 0 spiro atoms. The number of aromatic nitrogens is 2. The summed E-state index contributed by atoms with van der Waals surface area (Å²) >= 11 is 0. The van der Waals surface area contributed by atoms with Gasteiger partial charge in [0.15, 0.2) is 5.82 Å². The first-order valence-corrected chi connectivity index (χ1v) is 9.02. The normalized spacial score (nSPS) is 16.1. The molecule has 1 aliphatic carbocycles. The molecule has 132 valence electrons. The molecule has 4 rings (SSSR count). The molecule has 0 fully saturated rings. The summed E-state index contributed by atoms with van der Waals surface area (Å²) in [6.45, 7) is 0. The molecule has 0 unspecified atom stereocenters. The molecule has 0 saturated carbocycles. The lowest BCUT2D eigenvalue weighted by atomic mass is 9.92. The Morgan fingerprint density at radius 1 is 1.19 bits per heavy atom. The number of benzene rings is 1. The largest absolute Gasteiger partial charge is 0.469 e. The van der Waals surface area contributed by atoms with Crippen LogP contribution in [0.5, 0.6) is 0 Å². The fourth-order valence-corrected chi connectivity index (χ4v) is 3.38. The smallest absolute Gasteiger partial charge is 0.220 e. The number of hydrogen-bond donors (Lipinski definition) is 1. The second-order valence-corrected chi connectivity index (χ2v) is 6.55. The van der Waals surface area contributed by atoms with E-state index in [1.165, 1.54) is 0 Å². The van der Waals surface area contributed by atoms with Crippen molar-refractivity contribution >= 4 is 5.91 Å². The first kappa shape index (κ1) is 16.5.